The van der Waals surface area contributed by atoms with Crippen LogP contribution >= 0.6 is 0 Å². The van der Waals surface area contributed by atoms with Gasteiger partial charge in [-0.1, -0.05) is 0 Å². The molecule has 0 bridgehead atoms. The highest BCUT2D eigenvalue weighted by atomic mass is 16.5. The van der Waals surface area contributed by atoms with E-state index in [1.165, 1.54) is 0 Å². The number of carbonyl (C=O) groups is 1. The molecule has 0 aliphatic carbocycles. The van der Waals surface area contributed by atoms with Crippen LogP contribution in [0.4, 0.5) is 5.69 Å². The lowest BCUT2D eigenvalue weighted by molar-refractivity contribution is -0.117. The number of likely N-dealkylation sites (N-methyl/N-ethyl adjacent to an activating group) is 1. The summed E-state index contributed by atoms with van der Waals surface area (Å²) in [5.41, 5.74) is 0.738. The van der Waals surface area contributed by atoms with Crippen molar-refractivity contribution in [1.29, 1.82) is 5.26 Å². The number of carbonyl (C=O) groups excluding carboxylic acids is 1. The maximum Gasteiger partial charge on any atom is 0.238 e. The van der Waals surface area contributed by atoms with Crippen molar-refractivity contribution in [3.63, 3.8) is 0 Å². The molecule has 0 aliphatic heterocycles. The van der Waals surface area contributed by atoms with Crippen molar-refractivity contribution >= 4 is 11.6 Å². The Bertz CT molecular complexity index is 437. The average Bonchev–Trinajstić information content (AvgIpc) is 2.39. The zero-order valence-corrected chi connectivity index (χ0v) is 11.3. The van der Waals surface area contributed by atoms with Crippen LogP contribution in [-0.4, -0.2) is 37.6 Å². The van der Waals surface area contributed by atoms with Crippen LogP contribution in [0.5, 0.6) is 5.75 Å². The summed E-state index contributed by atoms with van der Waals surface area (Å²) >= 11 is 0. The smallest absolute Gasteiger partial charge is 0.238 e. The molecule has 1 aromatic carbocycles. The van der Waals surface area contributed by atoms with Gasteiger partial charge >= 0.3 is 0 Å². The van der Waals surface area contributed by atoms with Crippen LogP contribution in [0.25, 0.3) is 0 Å². The molecule has 0 heterocycles. The van der Waals surface area contributed by atoms with E-state index in [4.69, 9.17) is 10.00 Å². The zero-order valence-electron chi connectivity index (χ0n) is 11.3. The fourth-order valence-electron chi connectivity index (χ4n) is 1.57. The van der Waals surface area contributed by atoms with Crippen molar-refractivity contribution in [2.75, 3.05) is 32.1 Å². The molecule has 0 saturated heterocycles. The Hall–Kier alpha value is -2.06. The molecular formula is C14H19N3O2. The van der Waals surface area contributed by atoms with Crippen molar-refractivity contribution < 1.29 is 9.53 Å². The number of nitrogens with zero attached hydrogens (tertiary/aromatic N) is 2. The van der Waals surface area contributed by atoms with E-state index in [0.29, 0.717) is 19.6 Å². The van der Waals surface area contributed by atoms with Gasteiger partial charge in [-0.15, -0.1) is 0 Å². The number of hydrogen-bond donors (Lipinski definition) is 1. The molecule has 19 heavy (non-hydrogen) atoms. The highest BCUT2D eigenvalue weighted by molar-refractivity contribution is 5.92. The summed E-state index contributed by atoms with van der Waals surface area (Å²) in [6.07, 6.45) is 0.423. The second-order valence-corrected chi connectivity index (χ2v) is 4.15. The van der Waals surface area contributed by atoms with E-state index in [1.54, 1.807) is 12.1 Å². The molecule has 0 fully saturated rings. The minimum absolute atomic E-state index is 0.0930. The standard InChI is InChI=1S/C14H19N3O2/c1-3-19-13-7-5-12(6-8-13)16-14(18)11-17(2)10-4-9-15/h5-8H,3-4,10-11H2,1-2H3,(H,16,18). The zero-order chi connectivity index (χ0) is 14.1. The number of anilines is 1. The van der Waals surface area contributed by atoms with Gasteiger partial charge in [-0.3, -0.25) is 9.69 Å². The molecule has 1 aromatic rings. The summed E-state index contributed by atoms with van der Waals surface area (Å²) in [6, 6.07) is 9.30. The third-order valence-corrected chi connectivity index (χ3v) is 2.47. The highest BCUT2D eigenvalue weighted by Crippen LogP contribution is 2.15. The Balaban J connectivity index is 2.41. The lowest BCUT2D eigenvalue weighted by atomic mass is 10.3. The van der Waals surface area contributed by atoms with Gasteiger partial charge in [0.15, 0.2) is 0 Å². The van der Waals surface area contributed by atoms with Crippen LogP contribution in [0.15, 0.2) is 24.3 Å². The highest BCUT2D eigenvalue weighted by Gasteiger charge is 2.06. The summed E-state index contributed by atoms with van der Waals surface area (Å²) in [5, 5.41) is 11.3. The van der Waals surface area contributed by atoms with Gasteiger partial charge < -0.3 is 10.1 Å². The van der Waals surface area contributed by atoms with Crippen LogP contribution < -0.4 is 10.1 Å². The predicted octanol–water partition coefficient (Wildman–Crippen LogP) is 1.87. The number of nitriles is 1. The monoisotopic (exact) mass is 261 g/mol. The van der Waals surface area contributed by atoms with Gasteiger partial charge in [-0.25, -0.2) is 0 Å². The van der Waals surface area contributed by atoms with Gasteiger partial charge in [0, 0.05) is 18.7 Å². The second-order valence-electron chi connectivity index (χ2n) is 4.15. The molecule has 0 saturated carbocycles. The van der Waals surface area contributed by atoms with Crippen molar-refractivity contribution in [2.45, 2.75) is 13.3 Å². The largest absolute Gasteiger partial charge is 0.494 e. The van der Waals surface area contributed by atoms with Gasteiger partial charge in [-0.2, -0.15) is 5.26 Å². The maximum absolute atomic E-state index is 11.7. The third kappa shape index (κ3) is 5.89. The maximum atomic E-state index is 11.7. The fraction of sp³-hybridized carbons (Fsp3) is 0.429. The number of ether oxygens (including phenoxy) is 1. The minimum atomic E-state index is -0.0930. The van der Waals surface area contributed by atoms with Crippen molar-refractivity contribution in [3.8, 4) is 11.8 Å². The first kappa shape index (κ1) is 15.0. The molecule has 0 radical (unpaired) electrons. The van der Waals surface area contributed by atoms with Gasteiger partial charge in [0.05, 0.1) is 19.2 Å². The number of nitrogens with one attached hydrogen (secondary N) is 1. The topological polar surface area (TPSA) is 65.4 Å². The van der Waals surface area contributed by atoms with Crippen LogP contribution in [-0.2, 0) is 4.79 Å². The summed E-state index contributed by atoms with van der Waals surface area (Å²) in [6.45, 7) is 3.41. The summed E-state index contributed by atoms with van der Waals surface area (Å²) < 4.78 is 5.32. The lowest BCUT2D eigenvalue weighted by Gasteiger charge is -2.14. The van der Waals surface area contributed by atoms with E-state index in [0.717, 1.165) is 11.4 Å². The molecule has 1 amide bonds. The first-order valence-corrected chi connectivity index (χ1v) is 6.24. The van der Waals surface area contributed by atoms with Crippen LogP contribution in [0.3, 0.4) is 0 Å². The van der Waals surface area contributed by atoms with Gasteiger partial charge in [-0.05, 0) is 38.2 Å². The van der Waals surface area contributed by atoms with Crippen molar-refractivity contribution in [2.24, 2.45) is 0 Å². The number of hydrogen-bond acceptors (Lipinski definition) is 4. The SMILES string of the molecule is CCOc1ccc(NC(=O)CN(C)CCC#N)cc1. The number of rotatable bonds is 7. The van der Waals surface area contributed by atoms with E-state index in [2.05, 4.69) is 11.4 Å². The first-order chi connectivity index (χ1) is 9.15. The van der Waals surface area contributed by atoms with E-state index >= 15 is 0 Å². The van der Waals surface area contributed by atoms with Gasteiger partial charge in [0.25, 0.3) is 0 Å². The Kier molecular flexibility index (Phi) is 6.41. The van der Waals surface area contributed by atoms with Crippen LogP contribution in [0, 0.1) is 11.3 Å². The molecule has 0 unspecified atom stereocenters. The minimum Gasteiger partial charge on any atom is -0.494 e. The van der Waals surface area contributed by atoms with E-state index in [1.807, 2.05) is 31.0 Å². The lowest BCUT2D eigenvalue weighted by Crippen LogP contribution is -2.30. The number of benzene rings is 1. The molecule has 5 heteroatoms. The summed E-state index contributed by atoms with van der Waals surface area (Å²) in [4.78, 5) is 13.5. The Morgan fingerprint density at radius 3 is 2.68 bits per heavy atom. The molecular weight excluding hydrogens is 242 g/mol. The molecule has 0 aliphatic rings. The normalized spacial score (nSPS) is 10.0. The van der Waals surface area contributed by atoms with Gasteiger partial charge in [0.2, 0.25) is 5.91 Å². The van der Waals surface area contributed by atoms with Crippen LogP contribution in [0.2, 0.25) is 0 Å². The molecule has 1 N–H and O–H groups in total. The predicted molar refractivity (Wildman–Crippen MR) is 74.0 cm³/mol. The summed E-state index contributed by atoms with van der Waals surface area (Å²) in [5.74, 6) is 0.691. The second kappa shape index (κ2) is 8.11. The molecule has 102 valence electrons. The van der Waals surface area contributed by atoms with E-state index < -0.39 is 0 Å². The molecule has 5 nitrogen and oxygen atoms in total. The van der Waals surface area contributed by atoms with Crippen molar-refractivity contribution in [3.05, 3.63) is 24.3 Å². The van der Waals surface area contributed by atoms with Crippen LogP contribution in [0.1, 0.15) is 13.3 Å². The van der Waals surface area contributed by atoms with Crippen molar-refractivity contribution in [1.82, 2.24) is 4.90 Å². The molecule has 1 rings (SSSR count). The molecule has 0 aromatic heterocycles. The Morgan fingerprint density at radius 2 is 2.11 bits per heavy atom. The number of amides is 1. The quantitative estimate of drug-likeness (QED) is 0.813. The van der Waals surface area contributed by atoms with E-state index in [9.17, 15) is 4.79 Å². The Labute approximate surface area is 113 Å². The van der Waals surface area contributed by atoms with Gasteiger partial charge in [0.1, 0.15) is 5.75 Å². The molecule has 0 spiro atoms. The molecule has 0 atom stereocenters. The first-order valence-electron chi connectivity index (χ1n) is 6.24. The van der Waals surface area contributed by atoms with E-state index in [-0.39, 0.29) is 12.5 Å². The summed E-state index contributed by atoms with van der Waals surface area (Å²) in [7, 11) is 1.81. The fourth-order valence-corrected chi connectivity index (χ4v) is 1.57. The third-order valence-electron chi connectivity index (χ3n) is 2.47. The Morgan fingerprint density at radius 1 is 1.42 bits per heavy atom. The average molecular weight is 261 g/mol.